The van der Waals surface area contributed by atoms with Crippen LogP contribution in [0.4, 0.5) is 4.39 Å². The number of esters is 1. The highest BCUT2D eigenvalue weighted by atomic mass is 32.2. The summed E-state index contributed by atoms with van der Waals surface area (Å²) in [5.74, 6) is -1.80. The molecule has 0 aliphatic carbocycles. The predicted octanol–water partition coefficient (Wildman–Crippen LogP) is 1.88. The minimum Gasteiger partial charge on any atom is -0.452 e. The van der Waals surface area contributed by atoms with Gasteiger partial charge in [0.2, 0.25) is 15.9 Å². The Hall–Kier alpha value is -3.11. The Morgan fingerprint density at radius 1 is 1.15 bits per heavy atom. The van der Waals surface area contributed by atoms with Crippen molar-refractivity contribution in [2.75, 3.05) is 0 Å². The lowest BCUT2D eigenvalue weighted by atomic mass is 10.2. The molecule has 2 aromatic carbocycles. The Morgan fingerprint density at radius 3 is 2.58 bits per heavy atom. The van der Waals surface area contributed by atoms with Gasteiger partial charge in [-0.1, -0.05) is 18.2 Å². The molecule has 0 saturated heterocycles. The van der Waals surface area contributed by atoms with Crippen molar-refractivity contribution in [2.24, 2.45) is 5.14 Å². The molecule has 1 heterocycles. The average molecular weight is 377 g/mol. The smallest absolute Gasteiger partial charge is 0.341 e. The van der Waals surface area contributed by atoms with Gasteiger partial charge in [0.15, 0.2) is 6.61 Å². The van der Waals surface area contributed by atoms with E-state index in [4.69, 9.17) is 14.3 Å². The number of carbonyl (C=O) groups is 1. The first-order chi connectivity index (χ1) is 12.3. The predicted molar refractivity (Wildman–Crippen MR) is 86.6 cm³/mol. The van der Waals surface area contributed by atoms with Gasteiger partial charge in [0.25, 0.3) is 5.89 Å². The van der Waals surface area contributed by atoms with Gasteiger partial charge in [0, 0.05) is 5.56 Å². The SMILES string of the molecule is NS(=O)(=O)c1ccc(F)c(C(=O)OCc2nnc(-c3ccccc3)o2)c1. The molecular weight excluding hydrogens is 365 g/mol. The Labute approximate surface area is 147 Å². The van der Waals surface area contributed by atoms with Crippen molar-refractivity contribution < 1.29 is 26.8 Å². The van der Waals surface area contributed by atoms with E-state index in [1.807, 2.05) is 6.07 Å². The number of hydrogen-bond donors (Lipinski definition) is 1. The topological polar surface area (TPSA) is 125 Å². The number of halogens is 1. The molecule has 0 fully saturated rings. The molecule has 3 aromatic rings. The number of aromatic nitrogens is 2. The first-order valence-corrected chi connectivity index (χ1v) is 8.76. The van der Waals surface area contributed by atoms with E-state index in [-0.39, 0.29) is 11.8 Å². The van der Waals surface area contributed by atoms with Gasteiger partial charge in [0.1, 0.15) is 5.82 Å². The van der Waals surface area contributed by atoms with Crippen LogP contribution in [0.2, 0.25) is 0 Å². The van der Waals surface area contributed by atoms with Crippen LogP contribution >= 0.6 is 0 Å². The normalized spacial score (nSPS) is 11.3. The number of carbonyl (C=O) groups excluding carboxylic acids is 1. The highest BCUT2D eigenvalue weighted by Crippen LogP contribution is 2.18. The van der Waals surface area contributed by atoms with Crippen LogP contribution in [0.15, 0.2) is 57.8 Å². The van der Waals surface area contributed by atoms with Crippen LogP contribution < -0.4 is 5.14 Å². The van der Waals surface area contributed by atoms with Crippen LogP contribution in [0.25, 0.3) is 11.5 Å². The first-order valence-electron chi connectivity index (χ1n) is 7.22. The number of nitrogens with two attached hydrogens (primary N) is 1. The number of rotatable bonds is 5. The fourth-order valence-electron chi connectivity index (χ4n) is 2.05. The molecular formula is C16H12FN3O5S. The van der Waals surface area contributed by atoms with Crippen LogP contribution in [0, 0.1) is 5.82 Å². The lowest BCUT2D eigenvalue weighted by Gasteiger charge is -2.05. The molecule has 0 unspecified atom stereocenters. The van der Waals surface area contributed by atoms with Crippen molar-refractivity contribution >= 4 is 16.0 Å². The molecule has 2 N–H and O–H groups in total. The van der Waals surface area contributed by atoms with Crippen LogP contribution in [-0.2, 0) is 21.4 Å². The maximum atomic E-state index is 13.8. The molecule has 0 aliphatic rings. The van der Waals surface area contributed by atoms with E-state index in [2.05, 4.69) is 10.2 Å². The summed E-state index contributed by atoms with van der Waals surface area (Å²) < 4.78 is 46.6. The summed E-state index contributed by atoms with van der Waals surface area (Å²) in [5, 5.41) is 12.5. The molecule has 10 heteroatoms. The van der Waals surface area contributed by atoms with E-state index in [0.29, 0.717) is 5.56 Å². The van der Waals surface area contributed by atoms with Crippen molar-refractivity contribution in [3.8, 4) is 11.5 Å². The van der Waals surface area contributed by atoms with E-state index in [1.54, 1.807) is 24.3 Å². The van der Waals surface area contributed by atoms with Crippen molar-refractivity contribution in [3.63, 3.8) is 0 Å². The summed E-state index contributed by atoms with van der Waals surface area (Å²) in [4.78, 5) is 11.6. The van der Waals surface area contributed by atoms with Crippen LogP contribution in [0.1, 0.15) is 16.2 Å². The monoisotopic (exact) mass is 377 g/mol. The summed E-state index contributed by atoms with van der Waals surface area (Å²) in [6.07, 6.45) is 0. The number of benzene rings is 2. The Morgan fingerprint density at radius 2 is 1.88 bits per heavy atom. The van der Waals surface area contributed by atoms with Crippen molar-refractivity contribution in [3.05, 3.63) is 65.8 Å². The number of nitrogens with zero attached hydrogens (tertiary/aromatic N) is 2. The van der Waals surface area contributed by atoms with Gasteiger partial charge < -0.3 is 9.15 Å². The second-order valence-electron chi connectivity index (χ2n) is 5.13. The van der Waals surface area contributed by atoms with Crippen molar-refractivity contribution in [1.29, 1.82) is 0 Å². The van der Waals surface area contributed by atoms with E-state index in [1.165, 1.54) is 0 Å². The number of ether oxygens (including phenoxy) is 1. The Kier molecular flexibility index (Phi) is 4.78. The van der Waals surface area contributed by atoms with Crippen molar-refractivity contribution in [1.82, 2.24) is 10.2 Å². The highest BCUT2D eigenvalue weighted by Gasteiger charge is 2.19. The van der Waals surface area contributed by atoms with Crippen LogP contribution in [0.3, 0.4) is 0 Å². The molecule has 3 rings (SSSR count). The molecule has 26 heavy (non-hydrogen) atoms. The van der Waals surface area contributed by atoms with Gasteiger partial charge in [-0.25, -0.2) is 22.7 Å². The van der Waals surface area contributed by atoms with E-state index in [9.17, 15) is 17.6 Å². The minimum absolute atomic E-state index is 0.000196. The molecule has 1 aromatic heterocycles. The molecule has 8 nitrogen and oxygen atoms in total. The maximum absolute atomic E-state index is 13.8. The number of hydrogen-bond acceptors (Lipinski definition) is 7. The summed E-state index contributed by atoms with van der Waals surface area (Å²) in [7, 11) is -4.09. The van der Waals surface area contributed by atoms with E-state index >= 15 is 0 Å². The molecule has 0 bridgehead atoms. The lowest BCUT2D eigenvalue weighted by Crippen LogP contribution is -2.14. The molecule has 0 aliphatic heterocycles. The van der Waals surface area contributed by atoms with E-state index in [0.717, 1.165) is 18.2 Å². The Balaban J connectivity index is 1.73. The maximum Gasteiger partial charge on any atom is 0.341 e. The summed E-state index contributed by atoms with van der Waals surface area (Å²) >= 11 is 0. The molecule has 0 spiro atoms. The summed E-state index contributed by atoms with van der Waals surface area (Å²) in [5.41, 5.74) is 0.115. The van der Waals surface area contributed by atoms with Gasteiger partial charge in [-0.15, -0.1) is 10.2 Å². The van der Waals surface area contributed by atoms with Crippen LogP contribution in [0.5, 0.6) is 0 Å². The van der Waals surface area contributed by atoms with Crippen molar-refractivity contribution in [2.45, 2.75) is 11.5 Å². The first kappa shape index (κ1) is 17.7. The molecule has 0 radical (unpaired) electrons. The second kappa shape index (κ2) is 7.02. The lowest BCUT2D eigenvalue weighted by molar-refractivity contribution is 0.0433. The molecule has 134 valence electrons. The van der Waals surface area contributed by atoms with E-state index < -0.39 is 38.9 Å². The molecule has 0 atom stereocenters. The standard InChI is InChI=1S/C16H12FN3O5S/c17-13-7-6-11(26(18,22)23)8-12(13)16(21)24-9-14-19-20-15(25-14)10-4-2-1-3-5-10/h1-8H,9H2,(H2,18,22,23). The average Bonchev–Trinajstić information content (AvgIpc) is 3.09. The quantitative estimate of drug-likeness (QED) is 0.673. The second-order valence-corrected chi connectivity index (χ2v) is 6.69. The summed E-state index contributed by atoms with van der Waals surface area (Å²) in [6, 6.07) is 11.5. The molecule has 0 amide bonds. The largest absolute Gasteiger partial charge is 0.452 e. The minimum atomic E-state index is -4.09. The zero-order valence-corrected chi connectivity index (χ0v) is 13.9. The van der Waals surface area contributed by atoms with Gasteiger partial charge in [-0.3, -0.25) is 0 Å². The summed E-state index contributed by atoms with van der Waals surface area (Å²) in [6.45, 7) is -0.405. The van der Waals surface area contributed by atoms with Gasteiger partial charge in [-0.2, -0.15) is 0 Å². The van der Waals surface area contributed by atoms with Gasteiger partial charge in [-0.05, 0) is 30.3 Å². The third kappa shape index (κ3) is 3.92. The third-order valence-electron chi connectivity index (χ3n) is 3.30. The fraction of sp³-hybridized carbons (Fsp3) is 0.0625. The fourth-order valence-corrected chi connectivity index (χ4v) is 2.59. The number of sulfonamides is 1. The van der Waals surface area contributed by atoms with Gasteiger partial charge >= 0.3 is 5.97 Å². The Bertz CT molecular complexity index is 1050. The molecule has 0 saturated carbocycles. The van der Waals surface area contributed by atoms with Crippen LogP contribution in [-0.4, -0.2) is 24.6 Å². The third-order valence-corrected chi connectivity index (χ3v) is 4.21. The zero-order chi connectivity index (χ0) is 18.7. The zero-order valence-electron chi connectivity index (χ0n) is 13.1. The number of primary sulfonamides is 1. The highest BCUT2D eigenvalue weighted by molar-refractivity contribution is 7.89. The van der Waals surface area contributed by atoms with Gasteiger partial charge in [0.05, 0.1) is 10.5 Å².